The van der Waals surface area contributed by atoms with E-state index < -0.39 is 16.6 Å². The summed E-state index contributed by atoms with van der Waals surface area (Å²) in [4.78, 5) is 3.37. The molecule has 7 heteroatoms. The predicted molar refractivity (Wildman–Crippen MR) is 106 cm³/mol. The first kappa shape index (κ1) is 27.2. The Morgan fingerprint density at radius 3 is 2.04 bits per heavy atom. The molecule has 147 valence electrons. The van der Waals surface area contributed by atoms with Crippen molar-refractivity contribution in [3.63, 3.8) is 0 Å². The first-order valence-corrected chi connectivity index (χ1v) is 15.0. The van der Waals surface area contributed by atoms with Crippen LogP contribution in [-0.2, 0) is 26.5 Å². The molecule has 0 aliphatic carbocycles. The zero-order valence-electron chi connectivity index (χ0n) is 16.0. The molecule has 0 saturated heterocycles. The summed E-state index contributed by atoms with van der Waals surface area (Å²) in [5.41, 5.74) is 0.657. The van der Waals surface area contributed by atoms with Crippen LogP contribution in [0.2, 0.25) is 38.8 Å². The van der Waals surface area contributed by atoms with Crippen LogP contribution in [-0.4, -0.2) is 23.2 Å². The van der Waals surface area contributed by atoms with Gasteiger partial charge in [-0.15, -0.1) is 0 Å². The quantitative estimate of drug-likeness (QED) is 0.311. The van der Waals surface area contributed by atoms with E-state index in [0.717, 1.165) is 18.8 Å². The van der Waals surface area contributed by atoms with Gasteiger partial charge in [-0.25, -0.2) is 0 Å². The first-order chi connectivity index (χ1) is 10.7. The molecule has 0 heterocycles. The molecular formula is C18H33AuClNO2Si2+. The van der Waals surface area contributed by atoms with E-state index in [1.165, 1.54) is 25.3 Å². The Morgan fingerprint density at radius 1 is 0.960 bits per heavy atom. The summed E-state index contributed by atoms with van der Waals surface area (Å²) in [6.07, 6.45) is 4.81. The van der Waals surface area contributed by atoms with Crippen molar-refractivity contribution in [3.8, 4) is 5.75 Å². The molecule has 0 spiro atoms. The molecule has 0 amide bonds. The maximum atomic E-state index is 6.92. The van der Waals surface area contributed by atoms with E-state index in [1.807, 2.05) is 12.1 Å². The number of halogens is 1. The van der Waals surface area contributed by atoms with Crippen molar-refractivity contribution in [2.24, 2.45) is 0 Å². The molecule has 0 atom stereocenters. The maximum Gasteiger partial charge on any atom is 1.00 e. The van der Waals surface area contributed by atoms with Gasteiger partial charge in [0.05, 0.1) is 6.61 Å². The first-order valence-electron chi connectivity index (χ1n) is 8.52. The SMILES string of the molecule is [Au+].[C]#[N+]c1ccc(OCCCCCC[Si](C)(C)O[Si](C)(C)C)cc1.[Cl-].[HH]. The van der Waals surface area contributed by atoms with Crippen molar-refractivity contribution in [2.75, 3.05) is 6.61 Å². The van der Waals surface area contributed by atoms with E-state index in [4.69, 9.17) is 15.4 Å². The van der Waals surface area contributed by atoms with Crippen molar-refractivity contribution >= 4 is 22.3 Å². The Hall–Kier alpha value is -0.0660. The molecule has 1 aromatic rings. The van der Waals surface area contributed by atoms with Crippen LogP contribution in [0.5, 0.6) is 5.75 Å². The van der Waals surface area contributed by atoms with E-state index in [9.17, 15) is 0 Å². The van der Waals surface area contributed by atoms with E-state index in [2.05, 4.69) is 37.6 Å². The fourth-order valence-corrected chi connectivity index (χ4v) is 10.8. The second-order valence-electron chi connectivity index (χ2n) is 7.59. The summed E-state index contributed by atoms with van der Waals surface area (Å²) < 4.78 is 12.1. The van der Waals surface area contributed by atoms with E-state index >= 15 is 0 Å². The zero-order valence-corrected chi connectivity index (χ0v) is 20.9. The number of hydrogen-bond acceptors (Lipinski definition) is 2. The molecule has 0 aliphatic rings. The molecule has 0 bridgehead atoms. The summed E-state index contributed by atoms with van der Waals surface area (Å²) in [6.45, 7) is 19.2. The van der Waals surface area contributed by atoms with Crippen molar-refractivity contribution < 1.29 is 45.1 Å². The molecule has 0 aromatic heterocycles. The predicted octanol–water partition coefficient (Wildman–Crippen LogP) is 3.48. The van der Waals surface area contributed by atoms with Crippen LogP contribution in [0.15, 0.2) is 24.3 Å². The smallest absolute Gasteiger partial charge is 1.00 e. The van der Waals surface area contributed by atoms with E-state index in [0.29, 0.717) is 5.69 Å². The second kappa shape index (κ2) is 13.2. The Balaban J connectivity index is -0.00000176. The van der Waals surface area contributed by atoms with Crippen molar-refractivity contribution in [1.82, 2.24) is 0 Å². The Labute approximate surface area is 179 Å². The molecule has 0 fully saturated rings. The monoisotopic (exact) mass is 583 g/mol. The van der Waals surface area contributed by atoms with Crippen LogP contribution >= 0.6 is 0 Å². The van der Waals surface area contributed by atoms with Crippen LogP contribution < -0.4 is 17.1 Å². The van der Waals surface area contributed by atoms with Gasteiger partial charge in [-0.1, -0.05) is 19.3 Å². The second-order valence-corrected chi connectivity index (χ2v) is 16.7. The molecule has 0 unspecified atom stereocenters. The zero-order chi connectivity index (χ0) is 17.3. The fourth-order valence-electron chi connectivity index (χ4n) is 2.69. The van der Waals surface area contributed by atoms with Crippen LogP contribution in [0.25, 0.3) is 4.85 Å². The molecule has 1 aromatic carbocycles. The molecule has 0 N–H and O–H groups in total. The van der Waals surface area contributed by atoms with Gasteiger partial charge >= 0.3 is 34.6 Å². The molecule has 25 heavy (non-hydrogen) atoms. The van der Waals surface area contributed by atoms with E-state index in [-0.39, 0.29) is 36.2 Å². The van der Waals surface area contributed by atoms with Crippen LogP contribution in [0.3, 0.4) is 0 Å². The fraction of sp³-hybridized carbons (Fsp3) is 0.611. The summed E-state index contributed by atoms with van der Waals surface area (Å²) in [5.74, 6) is 0.856. The van der Waals surface area contributed by atoms with Gasteiger partial charge in [-0.3, -0.25) is 0 Å². The normalized spacial score (nSPS) is 11.0. The molecule has 0 aliphatic heterocycles. The number of hydrogen-bond donors (Lipinski definition) is 0. The number of benzene rings is 1. The Morgan fingerprint density at radius 2 is 1.52 bits per heavy atom. The molecule has 3 nitrogen and oxygen atoms in total. The minimum absolute atomic E-state index is 0. The van der Waals surface area contributed by atoms with Gasteiger partial charge in [0.1, 0.15) is 5.75 Å². The third-order valence-corrected chi connectivity index (χ3v) is 9.71. The number of nitrogens with zero attached hydrogens (tertiary/aromatic N) is 1. The average molecular weight is 584 g/mol. The summed E-state index contributed by atoms with van der Waals surface area (Å²) >= 11 is 0. The van der Waals surface area contributed by atoms with Crippen LogP contribution in [0.4, 0.5) is 5.69 Å². The van der Waals surface area contributed by atoms with Gasteiger partial charge < -0.3 is 21.3 Å². The standard InChI is InChI=1S/C18H31NO2Si2.Au.ClH.H2/c1-19-17-11-13-18(14-12-17)20-15-9-7-8-10-16-23(5,6)21-22(2,3)4;;;/h11-14H,7-10,15-16H2,2-6H3;;2*1H/q2*+1;;/p-1. The minimum Gasteiger partial charge on any atom is -1.00 e. The maximum absolute atomic E-state index is 6.92. The Kier molecular flexibility index (Phi) is 14.3. The molecule has 1 radical (unpaired) electrons. The average Bonchev–Trinajstić information content (AvgIpc) is 2.44. The Bertz CT molecular complexity index is 519. The van der Waals surface area contributed by atoms with Crippen LogP contribution in [0, 0.1) is 6.57 Å². The van der Waals surface area contributed by atoms with E-state index in [1.54, 1.807) is 12.1 Å². The van der Waals surface area contributed by atoms with Gasteiger partial charge in [0, 0.05) is 13.6 Å². The summed E-state index contributed by atoms with van der Waals surface area (Å²) in [5, 5.41) is 0. The van der Waals surface area contributed by atoms with Gasteiger partial charge in [-0.05, 0) is 62.2 Å². The summed E-state index contributed by atoms with van der Waals surface area (Å²) in [7, 11) is -2.86. The van der Waals surface area contributed by atoms with Crippen molar-refractivity contribution in [3.05, 3.63) is 35.7 Å². The topological polar surface area (TPSA) is 22.8 Å². The number of unbranched alkanes of at least 4 members (excludes halogenated alkanes) is 3. The largest absolute Gasteiger partial charge is 1.00 e. The van der Waals surface area contributed by atoms with Crippen molar-refractivity contribution in [1.29, 1.82) is 0 Å². The van der Waals surface area contributed by atoms with Crippen molar-refractivity contribution in [2.45, 2.75) is 64.5 Å². The van der Waals surface area contributed by atoms with Gasteiger partial charge in [0.2, 0.25) is 0 Å². The molecule has 0 saturated carbocycles. The van der Waals surface area contributed by atoms with Gasteiger partial charge in [0.15, 0.2) is 16.6 Å². The van der Waals surface area contributed by atoms with Crippen LogP contribution in [0.1, 0.15) is 27.1 Å². The van der Waals surface area contributed by atoms with Gasteiger partial charge in [-0.2, -0.15) is 0 Å². The van der Waals surface area contributed by atoms with Gasteiger partial charge in [0.25, 0.3) is 0 Å². The number of ether oxygens (including phenoxy) is 1. The third kappa shape index (κ3) is 13.8. The molecule has 1 rings (SSSR count). The summed E-state index contributed by atoms with van der Waals surface area (Å²) in [6, 6.07) is 8.60. The third-order valence-electron chi connectivity index (χ3n) is 3.49. The number of rotatable bonds is 10. The minimum atomic E-state index is -1.46. The molecular weight excluding hydrogens is 551 g/mol.